The van der Waals surface area contributed by atoms with E-state index in [0.717, 1.165) is 5.56 Å². The Morgan fingerprint density at radius 2 is 2.17 bits per heavy atom. The molecule has 5 nitrogen and oxygen atoms in total. The average molecular weight is 264 g/mol. The van der Waals surface area contributed by atoms with Gasteiger partial charge in [-0.15, -0.1) is 5.10 Å². The molecule has 0 aliphatic heterocycles. The van der Waals surface area contributed by atoms with Crippen molar-refractivity contribution in [2.45, 2.75) is 6.54 Å². The Hall–Kier alpha value is -2.08. The summed E-state index contributed by atoms with van der Waals surface area (Å²) in [7, 11) is 0. The number of hydrogen-bond acceptors (Lipinski definition) is 4. The maximum absolute atomic E-state index is 13.1. The number of fused-ring (bicyclic) bond motifs is 1. The van der Waals surface area contributed by atoms with Gasteiger partial charge in [0.05, 0.1) is 6.54 Å². The lowest BCUT2D eigenvalue weighted by atomic mass is 10.2. The van der Waals surface area contributed by atoms with Gasteiger partial charge in [-0.3, -0.25) is 0 Å². The quantitative estimate of drug-likeness (QED) is 0.664. The van der Waals surface area contributed by atoms with Gasteiger partial charge in [0.15, 0.2) is 16.3 Å². The molecule has 1 aromatic carbocycles. The van der Waals surface area contributed by atoms with Gasteiger partial charge in [-0.05, 0) is 17.7 Å². The van der Waals surface area contributed by atoms with Crippen LogP contribution in [0, 0.1) is 5.82 Å². The summed E-state index contributed by atoms with van der Waals surface area (Å²) in [6, 6.07) is 6.28. The van der Waals surface area contributed by atoms with Crippen LogP contribution in [0.15, 0.2) is 30.6 Å². The predicted molar refractivity (Wildman–Crippen MR) is 63.6 cm³/mol. The van der Waals surface area contributed by atoms with Gasteiger partial charge in [0.25, 0.3) is 0 Å². The van der Waals surface area contributed by atoms with E-state index in [9.17, 15) is 4.39 Å². The molecule has 7 heteroatoms. The lowest BCUT2D eigenvalue weighted by Crippen LogP contribution is -2.03. The normalized spacial score (nSPS) is 11.0. The predicted octanol–water partition coefficient (Wildman–Crippen LogP) is 2.06. The first-order chi connectivity index (χ1) is 8.74. The first-order valence-corrected chi connectivity index (χ1v) is 5.56. The van der Waals surface area contributed by atoms with Crippen molar-refractivity contribution in [1.82, 2.24) is 25.0 Å². The van der Waals surface area contributed by atoms with Gasteiger partial charge in [0, 0.05) is 0 Å². The summed E-state index contributed by atoms with van der Waals surface area (Å²) in [5.41, 5.74) is 1.74. The number of hydrogen-bond donors (Lipinski definition) is 0. The van der Waals surface area contributed by atoms with E-state index in [-0.39, 0.29) is 11.0 Å². The molecular formula is C11H7ClFN5. The van der Waals surface area contributed by atoms with E-state index in [0.29, 0.717) is 17.7 Å². The van der Waals surface area contributed by atoms with Crippen LogP contribution in [0.3, 0.4) is 0 Å². The van der Waals surface area contributed by atoms with E-state index in [1.54, 1.807) is 16.8 Å². The second kappa shape index (κ2) is 4.30. The molecule has 3 rings (SSSR count). The fourth-order valence-electron chi connectivity index (χ4n) is 1.68. The number of halogens is 2. The second-order valence-electron chi connectivity index (χ2n) is 3.71. The molecule has 18 heavy (non-hydrogen) atoms. The minimum absolute atomic E-state index is 0.255. The van der Waals surface area contributed by atoms with Crippen molar-refractivity contribution in [2.75, 3.05) is 0 Å². The summed E-state index contributed by atoms with van der Waals surface area (Å²) in [6.07, 6.45) is 1.34. The zero-order valence-electron chi connectivity index (χ0n) is 9.09. The van der Waals surface area contributed by atoms with E-state index in [1.807, 2.05) is 0 Å². The minimum Gasteiger partial charge on any atom is -0.222 e. The van der Waals surface area contributed by atoms with Crippen LogP contribution in [0.5, 0.6) is 0 Å². The summed E-state index contributed by atoms with van der Waals surface area (Å²) in [5.74, 6) is -0.287. The molecule has 0 unspecified atom stereocenters. The molecule has 0 saturated carbocycles. The number of nitrogens with zero attached hydrogens (tertiary/aromatic N) is 5. The Morgan fingerprint density at radius 3 is 3.00 bits per heavy atom. The zero-order chi connectivity index (χ0) is 12.5. The largest absolute Gasteiger partial charge is 0.222 e. The summed E-state index contributed by atoms with van der Waals surface area (Å²) in [6.45, 7) is 0.377. The Bertz CT molecular complexity index is 711. The third-order valence-electron chi connectivity index (χ3n) is 2.48. The first-order valence-electron chi connectivity index (χ1n) is 5.18. The van der Waals surface area contributed by atoms with Gasteiger partial charge in [-0.1, -0.05) is 28.9 Å². The Morgan fingerprint density at radius 1 is 1.28 bits per heavy atom. The van der Waals surface area contributed by atoms with Gasteiger partial charge in [0.1, 0.15) is 12.1 Å². The van der Waals surface area contributed by atoms with Crippen LogP contribution in [0.2, 0.25) is 5.15 Å². The molecule has 0 atom stereocenters. The van der Waals surface area contributed by atoms with Crippen LogP contribution < -0.4 is 0 Å². The molecule has 0 aliphatic carbocycles. The molecule has 0 saturated heterocycles. The average Bonchev–Trinajstić information content (AvgIpc) is 2.74. The highest BCUT2D eigenvalue weighted by Gasteiger charge is 2.10. The van der Waals surface area contributed by atoms with Crippen molar-refractivity contribution in [3.05, 3.63) is 47.1 Å². The topological polar surface area (TPSA) is 56.5 Å². The number of benzene rings is 1. The van der Waals surface area contributed by atoms with Gasteiger partial charge >= 0.3 is 0 Å². The molecule has 0 amide bonds. The van der Waals surface area contributed by atoms with Gasteiger partial charge in [-0.25, -0.2) is 19.0 Å². The maximum Gasteiger partial charge on any atom is 0.183 e. The van der Waals surface area contributed by atoms with E-state index in [2.05, 4.69) is 20.3 Å². The van der Waals surface area contributed by atoms with Crippen molar-refractivity contribution in [3.63, 3.8) is 0 Å². The highest BCUT2D eigenvalue weighted by Crippen LogP contribution is 2.16. The third-order valence-corrected chi connectivity index (χ3v) is 2.75. The van der Waals surface area contributed by atoms with Gasteiger partial charge in [0.2, 0.25) is 0 Å². The molecule has 2 aromatic heterocycles. The van der Waals surface area contributed by atoms with Crippen molar-refractivity contribution in [1.29, 1.82) is 0 Å². The van der Waals surface area contributed by atoms with E-state index in [1.165, 1.54) is 18.5 Å². The van der Waals surface area contributed by atoms with Crippen LogP contribution >= 0.6 is 11.6 Å². The van der Waals surface area contributed by atoms with Crippen molar-refractivity contribution < 1.29 is 4.39 Å². The summed E-state index contributed by atoms with van der Waals surface area (Å²) in [5, 5.41) is 8.09. The highest BCUT2D eigenvalue weighted by molar-refractivity contribution is 6.33. The summed E-state index contributed by atoms with van der Waals surface area (Å²) >= 11 is 5.87. The lowest BCUT2D eigenvalue weighted by Gasteiger charge is -2.01. The van der Waals surface area contributed by atoms with Crippen LogP contribution in [0.4, 0.5) is 4.39 Å². The Kier molecular flexibility index (Phi) is 2.64. The molecule has 3 aromatic rings. The molecule has 0 aliphatic rings. The second-order valence-corrected chi connectivity index (χ2v) is 4.07. The number of rotatable bonds is 2. The van der Waals surface area contributed by atoms with Gasteiger partial charge in [-0.2, -0.15) is 0 Å². The van der Waals surface area contributed by atoms with Crippen molar-refractivity contribution >= 4 is 22.8 Å². The van der Waals surface area contributed by atoms with Crippen molar-refractivity contribution in [3.8, 4) is 0 Å². The van der Waals surface area contributed by atoms with Crippen LogP contribution in [0.25, 0.3) is 11.2 Å². The standard InChI is InChI=1S/C11H7ClFN5/c12-10-9-11(15-6-14-10)18(17-16-9)5-7-2-1-3-8(13)4-7/h1-4,6H,5H2. The van der Waals surface area contributed by atoms with Crippen LogP contribution in [0.1, 0.15) is 5.56 Å². The fraction of sp³-hybridized carbons (Fsp3) is 0.0909. The molecule has 0 radical (unpaired) electrons. The summed E-state index contributed by atoms with van der Waals surface area (Å²) < 4.78 is 14.6. The Labute approximate surface area is 106 Å². The van der Waals surface area contributed by atoms with Gasteiger partial charge < -0.3 is 0 Å². The molecule has 0 bridgehead atoms. The third kappa shape index (κ3) is 1.91. The van der Waals surface area contributed by atoms with E-state index >= 15 is 0 Å². The summed E-state index contributed by atoms with van der Waals surface area (Å²) in [4.78, 5) is 7.89. The monoisotopic (exact) mass is 263 g/mol. The fourth-order valence-corrected chi connectivity index (χ4v) is 1.85. The molecular weight excluding hydrogens is 257 g/mol. The maximum atomic E-state index is 13.1. The molecule has 0 fully saturated rings. The van der Waals surface area contributed by atoms with Crippen LogP contribution in [-0.2, 0) is 6.54 Å². The van der Waals surface area contributed by atoms with Crippen molar-refractivity contribution in [2.24, 2.45) is 0 Å². The minimum atomic E-state index is -0.287. The molecule has 0 spiro atoms. The molecule has 0 N–H and O–H groups in total. The highest BCUT2D eigenvalue weighted by atomic mass is 35.5. The van der Waals surface area contributed by atoms with E-state index < -0.39 is 0 Å². The molecule has 90 valence electrons. The lowest BCUT2D eigenvalue weighted by molar-refractivity contribution is 0.617. The molecule has 2 heterocycles. The van der Waals surface area contributed by atoms with Crippen LogP contribution in [-0.4, -0.2) is 25.0 Å². The SMILES string of the molecule is Fc1cccc(Cn2nnc3c(Cl)ncnc32)c1. The van der Waals surface area contributed by atoms with E-state index in [4.69, 9.17) is 11.6 Å². The first kappa shape index (κ1) is 11.0. The Balaban J connectivity index is 2.03. The zero-order valence-corrected chi connectivity index (χ0v) is 9.84. The number of aromatic nitrogens is 5. The smallest absolute Gasteiger partial charge is 0.183 e.